The Balaban J connectivity index is 1.24. The molecule has 2 amide bonds. The standard InChI is InChI=1S/C24H30N2O2S/c27-23(13-7-10-19-8-3-1-4-9-19)25-14-16-26(17-15-25)24(28)22-18-20-11-5-2-6-12-21(20)29-22/h1,3-4,8-9,18H,2,5-7,10-17H2. The minimum absolute atomic E-state index is 0.152. The first-order valence-electron chi connectivity index (χ1n) is 10.9. The van der Waals surface area contributed by atoms with E-state index >= 15 is 0 Å². The summed E-state index contributed by atoms with van der Waals surface area (Å²) in [6.07, 6.45) is 8.42. The molecule has 1 fully saturated rings. The van der Waals surface area contributed by atoms with E-state index in [-0.39, 0.29) is 11.8 Å². The van der Waals surface area contributed by atoms with E-state index in [1.165, 1.54) is 35.3 Å². The SMILES string of the molecule is O=C(CCCc1ccccc1)N1CCN(C(=O)c2cc3c(s2)CCCCC3)CC1. The largest absolute Gasteiger partial charge is 0.339 e. The lowest BCUT2D eigenvalue weighted by Crippen LogP contribution is -2.50. The number of rotatable bonds is 5. The molecular weight excluding hydrogens is 380 g/mol. The molecule has 4 nitrogen and oxygen atoms in total. The van der Waals surface area contributed by atoms with Gasteiger partial charge in [-0.1, -0.05) is 36.8 Å². The zero-order valence-electron chi connectivity index (χ0n) is 17.1. The van der Waals surface area contributed by atoms with E-state index in [1.54, 1.807) is 11.3 Å². The number of fused-ring (bicyclic) bond motifs is 1. The number of hydrogen-bond donors (Lipinski definition) is 0. The van der Waals surface area contributed by atoms with Crippen molar-refractivity contribution in [3.63, 3.8) is 0 Å². The summed E-state index contributed by atoms with van der Waals surface area (Å²) in [7, 11) is 0. The maximum absolute atomic E-state index is 12.9. The minimum atomic E-state index is 0.152. The van der Waals surface area contributed by atoms with Gasteiger partial charge in [0.2, 0.25) is 5.91 Å². The molecule has 0 bridgehead atoms. The highest BCUT2D eigenvalue weighted by atomic mass is 32.1. The van der Waals surface area contributed by atoms with Crippen LogP contribution in [0.1, 0.15) is 57.8 Å². The average molecular weight is 411 g/mol. The number of amides is 2. The lowest BCUT2D eigenvalue weighted by molar-refractivity contribution is -0.132. The van der Waals surface area contributed by atoms with E-state index in [0.717, 1.165) is 30.6 Å². The third kappa shape index (κ3) is 5.08. The van der Waals surface area contributed by atoms with Crippen LogP contribution in [-0.4, -0.2) is 47.8 Å². The predicted octanol–water partition coefficient (Wildman–Crippen LogP) is 4.32. The van der Waals surface area contributed by atoms with Gasteiger partial charge >= 0.3 is 0 Å². The Morgan fingerprint density at radius 1 is 0.897 bits per heavy atom. The van der Waals surface area contributed by atoms with Gasteiger partial charge in [-0.2, -0.15) is 0 Å². The van der Waals surface area contributed by atoms with Crippen LogP contribution in [0, 0.1) is 0 Å². The molecule has 1 aliphatic heterocycles. The predicted molar refractivity (Wildman–Crippen MR) is 117 cm³/mol. The zero-order valence-corrected chi connectivity index (χ0v) is 17.9. The molecule has 29 heavy (non-hydrogen) atoms. The molecule has 2 aromatic rings. The molecule has 0 saturated carbocycles. The Hall–Kier alpha value is -2.14. The van der Waals surface area contributed by atoms with Crippen LogP contribution in [-0.2, 0) is 24.1 Å². The van der Waals surface area contributed by atoms with Gasteiger partial charge in [0, 0.05) is 37.5 Å². The van der Waals surface area contributed by atoms with Gasteiger partial charge in [-0.25, -0.2) is 0 Å². The van der Waals surface area contributed by atoms with Crippen molar-refractivity contribution in [3.8, 4) is 0 Å². The molecule has 0 radical (unpaired) electrons. The number of benzene rings is 1. The van der Waals surface area contributed by atoms with Crippen molar-refractivity contribution in [3.05, 3.63) is 57.3 Å². The first kappa shape index (κ1) is 20.1. The van der Waals surface area contributed by atoms with Crippen molar-refractivity contribution >= 4 is 23.2 Å². The molecule has 1 aromatic heterocycles. The number of piperazine rings is 1. The number of thiophene rings is 1. The normalized spacial score (nSPS) is 17.0. The maximum Gasteiger partial charge on any atom is 0.264 e. The lowest BCUT2D eigenvalue weighted by Gasteiger charge is -2.34. The Labute approximate surface area is 177 Å². The zero-order chi connectivity index (χ0) is 20.1. The molecule has 4 rings (SSSR count). The molecule has 5 heteroatoms. The summed E-state index contributed by atoms with van der Waals surface area (Å²) < 4.78 is 0. The molecule has 0 spiro atoms. The second kappa shape index (κ2) is 9.57. The quantitative estimate of drug-likeness (QED) is 0.689. The smallest absolute Gasteiger partial charge is 0.264 e. The topological polar surface area (TPSA) is 40.6 Å². The minimum Gasteiger partial charge on any atom is -0.339 e. The monoisotopic (exact) mass is 410 g/mol. The number of carbonyl (C=O) groups is 2. The average Bonchev–Trinajstić information content (AvgIpc) is 3.04. The van der Waals surface area contributed by atoms with Gasteiger partial charge in [0.25, 0.3) is 5.91 Å². The van der Waals surface area contributed by atoms with Crippen molar-refractivity contribution in [1.29, 1.82) is 0 Å². The van der Waals surface area contributed by atoms with Crippen LogP contribution in [0.15, 0.2) is 36.4 Å². The van der Waals surface area contributed by atoms with Gasteiger partial charge in [-0.05, 0) is 55.7 Å². The Morgan fingerprint density at radius 2 is 1.62 bits per heavy atom. The first-order valence-corrected chi connectivity index (χ1v) is 11.7. The molecular formula is C24H30N2O2S. The van der Waals surface area contributed by atoms with Crippen molar-refractivity contribution in [2.45, 2.75) is 51.4 Å². The van der Waals surface area contributed by atoms with Crippen LogP contribution in [0.5, 0.6) is 0 Å². The highest BCUT2D eigenvalue weighted by molar-refractivity contribution is 7.14. The van der Waals surface area contributed by atoms with Gasteiger partial charge in [0.15, 0.2) is 0 Å². The highest BCUT2D eigenvalue weighted by Crippen LogP contribution is 2.30. The molecule has 154 valence electrons. The summed E-state index contributed by atoms with van der Waals surface area (Å²) in [4.78, 5) is 31.6. The van der Waals surface area contributed by atoms with Crippen LogP contribution in [0.3, 0.4) is 0 Å². The van der Waals surface area contributed by atoms with Gasteiger partial charge in [-0.3, -0.25) is 9.59 Å². The summed E-state index contributed by atoms with van der Waals surface area (Å²) >= 11 is 1.69. The van der Waals surface area contributed by atoms with E-state index in [0.29, 0.717) is 32.6 Å². The Bertz CT molecular complexity index is 814. The van der Waals surface area contributed by atoms with Gasteiger partial charge in [-0.15, -0.1) is 11.3 Å². The summed E-state index contributed by atoms with van der Waals surface area (Å²) in [6, 6.07) is 12.5. The fourth-order valence-electron chi connectivity index (χ4n) is 4.33. The molecule has 2 heterocycles. The van der Waals surface area contributed by atoms with E-state index in [1.807, 2.05) is 28.0 Å². The van der Waals surface area contributed by atoms with Crippen molar-refractivity contribution < 1.29 is 9.59 Å². The third-order valence-corrected chi connectivity index (χ3v) is 7.30. The lowest BCUT2D eigenvalue weighted by atomic mass is 10.1. The van der Waals surface area contributed by atoms with Gasteiger partial charge in [0.05, 0.1) is 4.88 Å². The Kier molecular flexibility index (Phi) is 6.65. The molecule has 2 aliphatic rings. The summed E-state index contributed by atoms with van der Waals surface area (Å²) in [5.74, 6) is 0.370. The van der Waals surface area contributed by atoms with Gasteiger partial charge < -0.3 is 9.80 Å². The van der Waals surface area contributed by atoms with Crippen LogP contribution >= 0.6 is 11.3 Å². The maximum atomic E-state index is 12.9. The molecule has 1 saturated heterocycles. The fraction of sp³-hybridized carbons (Fsp3) is 0.500. The van der Waals surface area contributed by atoms with Crippen molar-refractivity contribution in [2.75, 3.05) is 26.2 Å². The van der Waals surface area contributed by atoms with Gasteiger partial charge in [0.1, 0.15) is 0 Å². The van der Waals surface area contributed by atoms with E-state index in [4.69, 9.17) is 0 Å². The first-order chi connectivity index (χ1) is 14.2. The summed E-state index contributed by atoms with van der Waals surface area (Å²) in [5.41, 5.74) is 2.67. The summed E-state index contributed by atoms with van der Waals surface area (Å²) in [5, 5.41) is 0. The number of carbonyl (C=O) groups excluding carboxylic acids is 2. The molecule has 1 aliphatic carbocycles. The van der Waals surface area contributed by atoms with Crippen molar-refractivity contribution in [1.82, 2.24) is 9.80 Å². The van der Waals surface area contributed by atoms with Crippen LogP contribution in [0.4, 0.5) is 0 Å². The fourth-order valence-corrected chi connectivity index (χ4v) is 5.56. The van der Waals surface area contributed by atoms with E-state index < -0.39 is 0 Å². The molecule has 1 aromatic carbocycles. The van der Waals surface area contributed by atoms with Crippen LogP contribution < -0.4 is 0 Å². The highest BCUT2D eigenvalue weighted by Gasteiger charge is 2.26. The number of aryl methyl sites for hydroxylation is 3. The molecule has 0 unspecified atom stereocenters. The second-order valence-electron chi connectivity index (χ2n) is 8.13. The Morgan fingerprint density at radius 3 is 2.41 bits per heavy atom. The van der Waals surface area contributed by atoms with E-state index in [9.17, 15) is 9.59 Å². The number of nitrogens with zero attached hydrogens (tertiary/aromatic N) is 2. The van der Waals surface area contributed by atoms with Crippen molar-refractivity contribution in [2.24, 2.45) is 0 Å². The van der Waals surface area contributed by atoms with E-state index in [2.05, 4.69) is 18.2 Å². The third-order valence-electron chi connectivity index (χ3n) is 6.08. The molecule has 0 N–H and O–H groups in total. The summed E-state index contributed by atoms with van der Waals surface area (Å²) in [6.45, 7) is 2.60. The molecule has 0 atom stereocenters. The van der Waals surface area contributed by atoms with Crippen LogP contribution in [0.2, 0.25) is 0 Å². The second-order valence-corrected chi connectivity index (χ2v) is 9.27. The van der Waals surface area contributed by atoms with Crippen LogP contribution in [0.25, 0.3) is 0 Å². The number of hydrogen-bond acceptors (Lipinski definition) is 3.